The lowest BCUT2D eigenvalue weighted by molar-refractivity contribution is 0.200. The average molecular weight is 335 g/mol. The molecule has 1 aliphatic rings. The first-order chi connectivity index (χ1) is 8.93. The van der Waals surface area contributed by atoms with Crippen molar-refractivity contribution in [2.24, 2.45) is 0 Å². The fourth-order valence-electron chi connectivity index (χ4n) is 1.57. The summed E-state index contributed by atoms with van der Waals surface area (Å²) in [6, 6.07) is 0. The van der Waals surface area contributed by atoms with Crippen LogP contribution in [-0.4, -0.2) is 57.6 Å². The molecule has 10 heteroatoms. The zero-order valence-electron chi connectivity index (χ0n) is 10.9. The van der Waals surface area contributed by atoms with Gasteiger partial charge in [0.15, 0.2) is 0 Å². The Bertz CT molecular complexity index is 417. The van der Waals surface area contributed by atoms with Crippen LogP contribution < -0.4 is 5.09 Å². The first-order valence-corrected chi connectivity index (χ1v) is 9.80. The second-order valence-corrected chi connectivity index (χ2v) is 8.41. The molecular weight excluding hydrogens is 315 g/mol. The summed E-state index contributed by atoms with van der Waals surface area (Å²) in [5.74, 6) is 0.273. The minimum Gasteiger partial charge on any atom is -0.306 e. The van der Waals surface area contributed by atoms with E-state index in [0.717, 1.165) is 6.42 Å². The monoisotopic (exact) mass is 334 g/mol. The van der Waals surface area contributed by atoms with E-state index in [-0.39, 0.29) is 18.9 Å². The molecule has 1 rings (SSSR count). The van der Waals surface area contributed by atoms with Crippen molar-refractivity contribution in [1.29, 1.82) is 0 Å². The highest BCUT2D eigenvalue weighted by Gasteiger charge is 2.34. The molecule has 114 valence electrons. The number of hydrogen-bond acceptors (Lipinski definition) is 5. The van der Waals surface area contributed by atoms with Gasteiger partial charge in [0.25, 0.3) is 10.1 Å². The largest absolute Gasteiger partial charge is 0.343 e. The molecule has 1 fully saturated rings. The van der Waals surface area contributed by atoms with Gasteiger partial charge < -0.3 is 4.52 Å². The van der Waals surface area contributed by atoms with Crippen LogP contribution in [0.5, 0.6) is 0 Å². The molecule has 1 aliphatic heterocycles. The Morgan fingerprint density at radius 3 is 2.89 bits per heavy atom. The number of halogens is 1. The van der Waals surface area contributed by atoms with E-state index in [1.165, 1.54) is 6.92 Å². The lowest BCUT2D eigenvalue weighted by Gasteiger charge is -2.34. The second kappa shape index (κ2) is 7.93. The van der Waals surface area contributed by atoms with E-state index in [1.54, 1.807) is 4.67 Å². The third-order valence-electron chi connectivity index (χ3n) is 2.57. The second-order valence-electron chi connectivity index (χ2n) is 3.93. The molecule has 0 aromatic carbocycles. The summed E-state index contributed by atoms with van der Waals surface area (Å²) in [4.78, 5) is 0. The van der Waals surface area contributed by atoms with E-state index in [2.05, 4.69) is 5.09 Å². The van der Waals surface area contributed by atoms with E-state index < -0.39 is 17.8 Å². The summed E-state index contributed by atoms with van der Waals surface area (Å²) in [5.41, 5.74) is 0. The predicted molar refractivity (Wildman–Crippen MR) is 73.9 cm³/mol. The van der Waals surface area contributed by atoms with Crippen molar-refractivity contribution >= 4 is 29.4 Å². The summed E-state index contributed by atoms with van der Waals surface area (Å²) in [6.45, 7) is 3.08. The number of hydrogen-bond donors (Lipinski definition) is 1. The Hall–Kier alpha value is 0.310. The van der Waals surface area contributed by atoms with Crippen molar-refractivity contribution in [3.8, 4) is 0 Å². The van der Waals surface area contributed by atoms with Crippen molar-refractivity contribution in [3.63, 3.8) is 0 Å². The quantitative estimate of drug-likeness (QED) is 0.307. The molecule has 0 aromatic heterocycles. The zero-order chi connectivity index (χ0) is 14.4. The summed E-state index contributed by atoms with van der Waals surface area (Å²) < 4.78 is 46.4. The van der Waals surface area contributed by atoms with E-state index in [9.17, 15) is 13.0 Å². The van der Waals surface area contributed by atoms with Gasteiger partial charge in [0.2, 0.25) is 0 Å². The van der Waals surface area contributed by atoms with Crippen molar-refractivity contribution in [1.82, 2.24) is 9.76 Å². The smallest absolute Gasteiger partial charge is 0.306 e. The van der Waals surface area contributed by atoms with Gasteiger partial charge in [-0.05, 0) is 13.3 Å². The van der Waals surface area contributed by atoms with Gasteiger partial charge >= 0.3 is 7.67 Å². The molecule has 1 atom stereocenters. The normalized spacial score (nSPS) is 25.6. The van der Waals surface area contributed by atoms with Gasteiger partial charge in [0.05, 0.1) is 19.0 Å². The van der Waals surface area contributed by atoms with Crippen LogP contribution in [0.3, 0.4) is 0 Å². The number of nitrogens with one attached hydrogen (secondary N) is 1. The Labute approximate surface area is 119 Å². The first-order valence-electron chi connectivity index (χ1n) is 6.12. The fourth-order valence-corrected chi connectivity index (χ4v) is 4.37. The topological polar surface area (TPSA) is 84.9 Å². The highest BCUT2D eigenvalue weighted by molar-refractivity contribution is 7.86. The Balaban J connectivity index is 2.43. The van der Waals surface area contributed by atoms with Crippen LogP contribution in [0, 0.1) is 0 Å². The molecule has 19 heavy (non-hydrogen) atoms. The Morgan fingerprint density at radius 1 is 1.53 bits per heavy atom. The average Bonchev–Trinajstić information content (AvgIpc) is 2.38. The maximum atomic E-state index is 12.5. The lowest BCUT2D eigenvalue weighted by Crippen LogP contribution is -2.37. The molecule has 7 nitrogen and oxygen atoms in total. The van der Waals surface area contributed by atoms with E-state index in [1.807, 2.05) is 0 Å². The first kappa shape index (κ1) is 17.4. The standard InChI is InChI=1S/C9H20ClN2O5PS/c1-2-19(14,15)17-9-5-11-18(13)12(7-4-10)6-3-8-16-18/h2-9H2,1H3,(H,11,13). The third kappa shape index (κ3) is 5.67. The van der Waals surface area contributed by atoms with Crippen molar-refractivity contribution in [3.05, 3.63) is 0 Å². The maximum absolute atomic E-state index is 12.5. The zero-order valence-corrected chi connectivity index (χ0v) is 13.3. The van der Waals surface area contributed by atoms with Crippen LogP contribution in [-0.2, 0) is 23.4 Å². The summed E-state index contributed by atoms with van der Waals surface area (Å²) in [6.07, 6.45) is 0.795. The van der Waals surface area contributed by atoms with Gasteiger partial charge in [-0.15, -0.1) is 11.6 Å². The molecule has 1 heterocycles. The molecule has 1 saturated heterocycles. The number of alkyl halides is 1. The summed E-state index contributed by atoms with van der Waals surface area (Å²) in [7, 11) is -6.58. The molecule has 0 radical (unpaired) electrons. The maximum Gasteiger partial charge on any atom is 0.343 e. The molecule has 0 aliphatic carbocycles. The summed E-state index contributed by atoms with van der Waals surface area (Å²) in [5, 5.41) is 2.74. The van der Waals surface area contributed by atoms with Crippen LogP contribution in [0.2, 0.25) is 0 Å². The minimum atomic E-state index is -3.47. The highest BCUT2D eigenvalue weighted by atomic mass is 35.5. The van der Waals surface area contributed by atoms with Crippen LogP contribution in [0.25, 0.3) is 0 Å². The van der Waals surface area contributed by atoms with Gasteiger partial charge in [-0.2, -0.15) is 8.42 Å². The van der Waals surface area contributed by atoms with Crippen molar-refractivity contribution in [2.45, 2.75) is 13.3 Å². The van der Waals surface area contributed by atoms with E-state index in [0.29, 0.717) is 25.6 Å². The van der Waals surface area contributed by atoms with Gasteiger partial charge in [-0.25, -0.2) is 9.76 Å². The number of rotatable bonds is 8. The molecule has 0 spiro atoms. The molecule has 1 unspecified atom stereocenters. The molecule has 0 saturated carbocycles. The van der Waals surface area contributed by atoms with Gasteiger partial charge in [0, 0.05) is 25.5 Å². The van der Waals surface area contributed by atoms with Crippen LogP contribution in [0.15, 0.2) is 0 Å². The predicted octanol–water partition coefficient (Wildman–Crippen LogP) is 1.01. The molecule has 0 aromatic rings. The van der Waals surface area contributed by atoms with Gasteiger partial charge in [0.1, 0.15) is 0 Å². The van der Waals surface area contributed by atoms with Gasteiger partial charge in [-0.3, -0.25) is 8.75 Å². The molecule has 0 bridgehead atoms. The number of nitrogens with zero attached hydrogens (tertiary/aromatic N) is 1. The van der Waals surface area contributed by atoms with Crippen LogP contribution in [0.4, 0.5) is 0 Å². The minimum absolute atomic E-state index is 0.0712. The van der Waals surface area contributed by atoms with Gasteiger partial charge in [-0.1, -0.05) is 0 Å². The fraction of sp³-hybridized carbons (Fsp3) is 1.00. The third-order valence-corrected chi connectivity index (χ3v) is 6.27. The molecule has 0 amide bonds. The SMILES string of the molecule is CCS(=O)(=O)OCCNP1(=O)OCCCN1CCCl. The lowest BCUT2D eigenvalue weighted by atomic mass is 10.4. The van der Waals surface area contributed by atoms with Crippen LogP contribution >= 0.6 is 19.3 Å². The van der Waals surface area contributed by atoms with Crippen LogP contribution in [0.1, 0.15) is 13.3 Å². The van der Waals surface area contributed by atoms with E-state index in [4.69, 9.17) is 20.3 Å². The van der Waals surface area contributed by atoms with E-state index >= 15 is 0 Å². The Morgan fingerprint density at radius 2 is 2.26 bits per heavy atom. The molecular formula is C9H20ClN2O5PS. The Kier molecular flexibility index (Phi) is 7.24. The summed E-state index contributed by atoms with van der Waals surface area (Å²) >= 11 is 5.65. The van der Waals surface area contributed by atoms with Crippen molar-refractivity contribution in [2.75, 3.05) is 44.5 Å². The highest BCUT2D eigenvalue weighted by Crippen LogP contribution is 2.48. The molecule has 1 N–H and O–H groups in total. The van der Waals surface area contributed by atoms with Crippen molar-refractivity contribution < 1.29 is 21.7 Å².